The van der Waals surface area contributed by atoms with Gasteiger partial charge in [-0.05, 0) is 38.0 Å². The van der Waals surface area contributed by atoms with Gasteiger partial charge in [-0.25, -0.2) is 0 Å². The molecular formula is C14H26N2. The molecule has 3 unspecified atom stereocenters. The Bertz CT molecular complexity index is 239. The summed E-state index contributed by atoms with van der Waals surface area (Å²) in [6.45, 7) is 4.21. The Balaban J connectivity index is 2.40. The number of hydrogen-bond donors (Lipinski definition) is 2. The highest BCUT2D eigenvalue weighted by molar-refractivity contribution is 4.96. The van der Waals surface area contributed by atoms with Gasteiger partial charge in [0.15, 0.2) is 0 Å². The molecule has 0 heterocycles. The Morgan fingerprint density at radius 2 is 2.25 bits per heavy atom. The minimum Gasteiger partial charge on any atom is -0.271 e. The molecule has 1 aliphatic rings. The van der Waals surface area contributed by atoms with E-state index in [1.807, 2.05) is 6.92 Å². The molecule has 0 aromatic carbocycles. The van der Waals surface area contributed by atoms with E-state index >= 15 is 0 Å². The van der Waals surface area contributed by atoms with Crippen LogP contribution in [0.25, 0.3) is 0 Å². The van der Waals surface area contributed by atoms with Crippen LogP contribution < -0.4 is 11.3 Å². The molecule has 1 fully saturated rings. The molecule has 16 heavy (non-hydrogen) atoms. The van der Waals surface area contributed by atoms with Crippen LogP contribution in [0.2, 0.25) is 0 Å². The second-order valence-electron chi connectivity index (χ2n) is 4.94. The average molecular weight is 222 g/mol. The molecule has 0 spiro atoms. The van der Waals surface area contributed by atoms with Crippen molar-refractivity contribution in [3.63, 3.8) is 0 Å². The van der Waals surface area contributed by atoms with Crippen LogP contribution in [0.1, 0.15) is 58.8 Å². The minimum absolute atomic E-state index is 0.468. The monoisotopic (exact) mass is 222 g/mol. The van der Waals surface area contributed by atoms with E-state index in [-0.39, 0.29) is 0 Å². The predicted octanol–water partition coefficient (Wildman–Crippen LogP) is 2.84. The molecule has 0 aromatic heterocycles. The lowest BCUT2D eigenvalue weighted by molar-refractivity contribution is 0.203. The van der Waals surface area contributed by atoms with E-state index in [1.54, 1.807) is 0 Å². The number of nitrogens with one attached hydrogen (secondary N) is 1. The largest absolute Gasteiger partial charge is 0.271 e. The SMILES string of the molecule is CC#CCCC(NN)C1CCCC(CC)C1. The molecule has 2 nitrogen and oxygen atoms in total. The third-order valence-corrected chi connectivity index (χ3v) is 3.94. The Morgan fingerprint density at radius 3 is 2.88 bits per heavy atom. The summed E-state index contributed by atoms with van der Waals surface area (Å²) in [5.74, 6) is 13.4. The highest BCUT2D eigenvalue weighted by Crippen LogP contribution is 2.33. The Labute approximate surface area is 100 Å². The van der Waals surface area contributed by atoms with Gasteiger partial charge in [0, 0.05) is 12.5 Å². The molecule has 3 atom stereocenters. The normalized spacial score (nSPS) is 26.9. The molecule has 0 amide bonds. The first-order chi connectivity index (χ1) is 7.81. The highest BCUT2D eigenvalue weighted by atomic mass is 15.2. The lowest BCUT2D eigenvalue weighted by atomic mass is 9.76. The summed E-state index contributed by atoms with van der Waals surface area (Å²) in [5.41, 5.74) is 3.01. The van der Waals surface area contributed by atoms with Crippen LogP contribution in [-0.4, -0.2) is 6.04 Å². The van der Waals surface area contributed by atoms with Crippen molar-refractivity contribution < 1.29 is 0 Å². The van der Waals surface area contributed by atoms with Crippen LogP contribution in [0.5, 0.6) is 0 Å². The van der Waals surface area contributed by atoms with Crippen LogP contribution in [0.3, 0.4) is 0 Å². The fraction of sp³-hybridized carbons (Fsp3) is 0.857. The van der Waals surface area contributed by atoms with Crippen molar-refractivity contribution in [2.24, 2.45) is 17.7 Å². The first kappa shape index (κ1) is 13.5. The minimum atomic E-state index is 0.468. The van der Waals surface area contributed by atoms with Crippen LogP contribution in [0.15, 0.2) is 0 Å². The van der Waals surface area contributed by atoms with Crippen molar-refractivity contribution in [3.8, 4) is 11.8 Å². The third kappa shape index (κ3) is 4.15. The average Bonchev–Trinajstić information content (AvgIpc) is 2.35. The van der Waals surface area contributed by atoms with Gasteiger partial charge < -0.3 is 0 Å². The predicted molar refractivity (Wildman–Crippen MR) is 69.5 cm³/mol. The molecule has 1 saturated carbocycles. The summed E-state index contributed by atoms with van der Waals surface area (Å²) in [6, 6.07) is 0.468. The molecule has 1 aliphatic carbocycles. The second-order valence-corrected chi connectivity index (χ2v) is 4.94. The van der Waals surface area contributed by atoms with Gasteiger partial charge >= 0.3 is 0 Å². The zero-order valence-corrected chi connectivity index (χ0v) is 10.8. The van der Waals surface area contributed by atoms with Gasteiger partial charge in [0.05, 0.1) is 0 Å². The fourth-order valence-corrected chi connectivity index (χ4v) is 2.88. The van der Waals surface area contributed by atoms with E-state index in [0.29, 0.717) is 6.04 Å². The molecule has 0 aromatic rings. The van der Waals surface area contributed by atoms with Gasteiger partial charge in [-0.2, -0.15) is 0 Å². The Morgan fingerprint density at radius 1 is 1.44 bits per heavy atom. The summed E-state index contributed by atoms with van der Waals surface area (Å²) < 4.78 is 0. The summed E-state index contributed by atoms with van der Waals surface area (Å²) in [5, 5.41) is 0. The van der Waals surface area contributed by atoms with E-state index in [2.05, 4.69) is 24.2 Å². The van der Waals surface area contributed by atoms with Crippen molar-refractivity contribution in [3.05, 3.63) is 0 Å². The van der Waals surface area contributed by atoms with Crippen LogP contribution >= 0.6 is 0 Å². The van der Waals surface area contributed by atoms with Crippen molar-refractivity contribution >= 4 is 0 Å². The molecule has 0 radical (unpaired) electrons. The maximum atomic E-state index is 5.67. The zero-order valence-electron chi connectivity index (χ0n) is 10.8. The van der Waals surface area contributed by atoms with Gasteiger partial charge in [0.2, 0.25) is 0 Å². The number of hydrogen-bond acceptors (Lipinski definition) is 2. The van der Waals surface area contributed by atoms with Crippen LogP contribution in [0.4, 0.5) is 0 Å². The van der Waals surface area contributed by atoms with E-state index in [0.717, 1.165) is 24.7 Å². The second kappa shape index (κ2) is 7.70. The van der Waals surface area contributed by atoms with Crippen molar-refractivity contribution in [2.45, 2.75) is 64.8 Å². The third-order valence-electron chi connectivity index (χ3n) is 3.94. The van der Waals surface area contributed by atoms with Crippen LogP contribution in [-0.2, 0) is 0 Å². The molecule has 0 saturated heterocycles. The molecule has 2 heteroatoms. The molecule has 3 N–H and O–H groups in total. The summed E-state index contributed by atoms with van der Waals surface area (Å²) >= 11 is 0. The molecule has 0 bridgehead atoms. The van der Waals surface area contributed by atoms with Gasteiger partial charge in [-0.15, -0.1) is 11.8 Å². The Kier molecular flexibility index (Phi) is 6.52. The van der Waals surface area contributed by atoms with E-state index in [1.165, 1.54) is 32.1 Å². The van der Waals surface area contributed by atoms with Gasteiger partial charge in [-0.3, -0.25) is 11.3 Å². The molecule has 1 rings (SSSR count). The van der Waals surface area contributed by atoms with E-state index < -0.39 is 0 Å². The van der Waals surface area contributed by atoms with Crippen LogP contribution in [0, 0.1) is 23.7 Å². The number of rotatable bonds is 5. The quantitative estimate of drug-likeness (QED) is 0.426. The first-order valence-electron chi connectivity index (χ1n) is 6.67. The van der Waals surface area contributed by atoms with Crippen molar-refractivity contribution in [1.29, 1.82) is 0 Å². The smallest absolute Gasteiger partial charge is 0.0247 e. The van der Waals surface area contributed by atoms with Gasteiger partial charge in [0.1, 0.15) is 0 Å². The molecule has 0 aliphatic heterocycles. The van der Waals surface area contributed by atoms with Crippen molar-refractivity contribution in [1.82, 2.24) is 5.43 Å². The maximum Gasteiger partial charge on any atom is 0.0247 e. The zero-order chi connectivity index (χ0) is 11.8. The lowest BCUT2D eigenvalue weighted by Gasteiger charge is -2.33. The van der Waals surface area contributed by atoms with Gasteiger partial charge in [0.25, 0.3) is 0 Å². The maximum absolute atomic E-state index is 5.67. The first-order valence-corrected chi connectivity index (χ1v) is 6.67. The molecular weight excluding hydrogens is 196 g/mol. The topological polar surface area (TPSA) is 38.0 Å². The van der Waals surface area contributed by atoms with E-state index in [9.17, 15) is 0 Å². The number of hydrazine groups is 1. The Hall–Kier alpha value is -0.520. The molecule has 92 valence electrons. The van der Waals surface area contributed by atoms with E-state index in [4.69, 9.17) is 5.84 Å². The van der Waals surface area contributed by atoms with Gasteiger partial charge in [-0.1, -0.05) is 26.2 Å². The number of nitrogens with two attached hydrogens (primary N) is 1. The van der Waals surface area contributed by atoms with Crippen molar-refractivity contribution in [2.75, 3.05) is 0 Å². The fourth-order valence-electron chi connectivity index (χ4n) is 2.88. The summed E-state index contributed by atoms with van der Waals surface area (Å²) in [6.07, 6.45) is 8.87. The standard InChI is InChI=1S/C14H26N2/c1-3-5-6-10-14(16-15)13-9-7-8-12(4-2)11-13/h12-14,16H,4,6-11,15H2,1-2H3. The highest BCUT2D eigenvalue weighted by Gasteiger charge is 2.26. The summed E-state index contributed by atoms with van der Waals surface area (Å²) in [7, 11) is 0. The summed E-state index contributed by atoms with van der Waals surface area (Å²) in [4.78, 5) is 0. The lowest BCUT2D eigenvalue weighted by Crippen LogP contribution is -2.42.